The van der Waals surface area contributed by atoms with Crippen LogP contribution in [-0.4, -0.2) is 36.7 Å². The number of anilines is 1. The molecule has 1 aromatic heterocycles. The van der Waals surface area contributed by atoms with Gasteiger partial charge < -0.3 is 0 Å². The van der Waals surface area contributed by atoms with E-state index >= 15 is 0 Å². The van der Waals surface area contributed by atoms with Gasteiger partial charge >= 0.3 is 0 Å². The number of sulfonamides is 1. The summed E-state index contributed by atoms with van der Waals surface area (Å²) in [6.07, 6.45) is 1.72. The van der Waals surface area contributed by atoms with Crippen molar-refractivity contribution >= 4 is 54.2 Å². The molecule has 1 aliphatic heterocycles. The Balaban J connectivity index is 1.61. The van der Waals surface area contributed by atoms with Crippen LogP contribution in [0.4, 0.5) is 9.52 Å². The van der Waals surface area contributed by atoms with E-state index in [1.54, 1.807) is 12.1 Å². The first-order valence-electron chi connectivity index (χ1n) is 8.52. The van der Waals surface area contributed by atoms with Crippen LogP contribution in [-0.2, 0) is 10.0 Å². The minimum Gasteiger partial charge on any atom is -0.298 e. The maximum atomic E-state index is 13.9. The molecule has 6 nitrogen and oxygen atoms in total. The van der Waals surface area contributed by atoms with E-state index in [9.17, 15) is 17.6 Å². The molecule has 0 aliphatic carbocycles. The van der Waals surface area contributed by atoms with Crippen LogP contribution in [0.2, 0.25) is 5.02 Å². The molecule has 1 amide bonds. The highest BCUT2D eigenvalue weighted by Gasteiger charge is 2.27. The molecule has 1 aliphatic rings. The van der Waals surface area contributed by atoms with E-state index < -0.39 is 21.7 Å². The number of carbonyl (C=O) groups excluding carboxylic acids is 1. The highest BCUT2D eigenvalue weighted by Crippen LogP contribution is 2.30. The van der Waals surface area contributed by atoms with Gasteiger partial charge in [-0.1, -0.05) is 22.9 Å². The Morgan fingerprint density at radius 1 is 1.18 bits per heavy atom. The van der Waals surface area contributed by atoms with Gasteiger partial charge in [0.1, 0.15) is 5.82 Å². The average Bonchev–Trinajstić information content (AvgIpc) is 3.32. The number of rotatable bonds is 4. The van der Waals surface area contributed by atoms with E-state index in [0.717, 1.165) is 30.2 Å². The SMILES string of the molecule is O=C(Nc1nc2ccc(S(=O)(=O)N3CCCC3)cc2s1)c1cc(Cl)ccc1F. The number of amides is 1. The number of thiazole rings is 1. The normalized spacial score (nSPS) is 15.2. The van der Waals surface area contributed by atoms with Crippen molar-refractivity contribution in [3.63, 3.8) is 0 Å². The summed E-state index contributed by atoms with van der Waals surface area (Å²) < 4.78 is 41.3. The third-order valence-corrected chi connectivity index (χ3v) is 7.52. The van der Waals surface area contributed by atoms with Gasteiger partial charge in [-0.25, -0.2) is 17.8 Å². The predicted octanol–water partition coefficient (Wildman–Crippen LogP) is 4.13. The van der Waals surface area contributed by atoms with Crippen LogP contribution < -0.4 is 5.32 Å². The lowest BCUT2D eigenvalue weighted by molar-refractivity contribution is 0.102. The molecule has 2 aromatic carbocycles. The smallest absolute Gasteiger partial charge is 0.260 e. The molecule has 10 heteroatoms. The van der Waals surface area contributed by atoms with E-state index in [4.69, 9.17) is 11.6 Å². The zero-order chi connectivity index (χ0) is 19.9. The molecule has 4 rings (SSSR count). The Morgan fingerprint density at radius 3 is 2.68 bits per heavy atom. The van der Waals surface area contributed by atoms with Gasteiger partial charge in [-0.15, -0.1) is 0 Å². The average molecular weight is 440 g/mol. The van der Waals surface area contributed by atoms with Crippen LogP contribution in [0, 0.1) is 5.82 Å². The van der Waals surface area contributed by atoms with Crippen LogP contribution in [0.1, 0.15) is 23.2 Å². The van der Waals surface area contributed by atoms with Gasteiger partial charge in [-0.2, -0.15) is 4.31 Å². The predicted molar refractivity (Wildman–Crippen MR) is 107 cm³/mol. The van der Waals surface area contributed by atoms with Gasteiger partial charge in [0.05, 0.1) is 20.7 Å². The molecular weight excluding hydrogens is 425 g/mol. The monoisotopic (exact) mass is 439 g/mol. The lowest BCUT2D eigenvalue weighted by Crippen LogP contribution is -2.27. The third-order valence-electron chi connectivity index (χ3n) is 4.46. The maximum absolute atomic E-state index is 13.9. The third kappa shape index (κ3) is 3.62. The first-order valence-corrected chi connectivity index (χ1v) is 11.2. The molecule has 1 saturated heterocycles. The Kier molecular flexibility index (Phi) is 5.09. The van der Waals surface area contributed by atoms with Crippen molar-refractivity contribution in [1.82, 2.24) is 9.29 Å². The number of nitrogens with zero attached hydrogens (tertiary/aromatic N) is 2. The first kappa shape index (κ1) is 19.3. The second-order valence-electron chi connectivity index (χ2n) is 6.34. The highest BCUT2D eigenvalue weighted by atomic mass is 35.5. The number of fused-ring (bicyclic) bond motifs is 1. The Morgan fingerprint density at radius 2 is 1.93 bits per heavy atom. The van der Waals surface area contributed by atoms with Gasteiger partial charge in [0.25, 0.3) is 5.91 Å². The molecule has 0 spiro atoms. The number of aromatic nitrogens is 1. The number of halogens is 2. The van der Waals surface area contributed by atoms with Crippen LogP contribution in [0.15, 0.2) is 41.3 Å². The molecule has 0 atom stereocenters. The molecule has 0 saturated carbocycles. The molecule has 0 unspecified atom stereocenters. The highest BCUT2D eigenvalue weighted by molar-refractivity contribution is 7.89. The fourth-order valence-corrected chi connectivity index (χ4v) is 5.72. The van der Waals surface area contributed by atoms with E-state index in [-0.39, 0.29) is 20.6 Å². The van der Waals surface area contributed by atoms with Gasteiger partial charge in [-0.3, -0.25) is 10.1 Å². The summed E-state index contributed by atoms with van der Waals surface area (Å²) in [4.78, 5) is 16.8. The standard InChI is InChI=1S/C18H15ClFN3O3S2/c19-11-3-5-14(20)13(9-11)17(24)22-18-21-15-6-4-12(10-16(15)27-18)28(25,26)23-7-1-2-8-23/h3-6,9-10H,1-2,7-8H2,(H,21,22,24). The molecule has 0 bridgehead atoms. The largest absolute Gasteiger partial charge is 0.298 e. The van der Waals surface area contributed by atoms with Gasteiger partial charge in [0.2, 0.25) is 10.0 Å². The van der Waals surface area contributed by atoms with E-state index in [2.05, 4.69) is 10.3 Å². The van der Waals surface area contributed by atoms with E-state index in [1.165, 1.54) is 22.5 Å². The van der Waals surface area contributed by atoms with Gasteiger partial charge in [0.15, 0.2) is 5.13 Å². The topological polar surface area (TPSA) is 79.4 Å². The fourth-order valence-electron chi connectivity index (χ4n) is 3.03. The fraction of sp³-hybridized carbons (Fsp3) is 0.222. The molecule has 2 heterocycles. The molecule has 28 heavy (non-hydrogen) atoms. The summed E-state index contributed by atoms with van der Waals surface area (Å²) in [5.41, 5.74) is 0.358. The molecule has 1 fully saturated rings. The quantitative estimate of drug-likeness (QED) is 0.663. The number of benzene rings is 2. The second kappa shape index (κ2) is 7.40. The summed E-state index contributed by atoms with van der Waals surface area (Å²) in [5.74, 6) is -1.37. The van der Waals surface area contributed by atoms with Crippen molar-refractivity contribution in [2.24, 2.45) is 0 Å². The number of hydrogen-bond acceptors (Lipinski definition) is 5. The maximum Gasteiger partial charge on any atom is 0.260 e. The second-order valence-corrected chi connectivity index (χ2v) is 9.74. The van der Waals surface area contributed by atoms with Gasteiger partial charge in [0, 0.05) is 18.1 Å². The summed E-state index contributed by atoms with van der Waals surface area (Å²) >= 11 is 6.94. The molecule has 146 valence electrons. The lowest BCUT2D eigenvalue weighted by Gasteiger charge is -2.15. The molecule has 1 N–H and O–H groups in total. The van der Waals surface area contributed by atoms with Crippen LogP contribution in [0.25, 0.3) is 10.2 Å². The van der Waals surface area contributed by atoms with Crippen molar-refractivity contribution < 1.29 is 17.6 Å². The van der Waals surface area contributed by atoms with Gasteiger partial charge in [-0.05, 0) is 49.2 Å². The number of nitrogens with one attached hydrogen (secondary N) is 1. The Labute approximate surface area is 170 Å². The number of hydrogen-bond donors (Lipinski definition) is 1. The van der Waals surface area contributed by atoms with Crippen LogP contribution >= 0.6 is 22.9 Å². The van der Waals surface area contributed by atoms with Crippen molar-refractivity contribution in [3.05, 3.63) is 52.8 Å². The first-order chi connectivity index (χ1) is 13.3. The van der Waals surface area contributed by atoms with E-state index in [0.29, 0.717) is 23.3 Å². The molecular formula is C18H15ClFN3O3S2. The minimum atomic E-state index is -3.54. The molecule has 3 aromatic rings. The van der Waals surface area contributed by atoms with Crippen LogP contribution in [0.5, 0.6) is 0 Å². The minimum absolute atomic E-state index is 0.191. The van der Waals surface area contributed by atoms with Crippen LogP contribution in [0.3, 0.4) is 0 Å². The Bertz CT molecular complexity index is 1170. The van der Waals surface area contributed by atoms with Crippen molar-refractivity contribution in [3.8, 4) is 0 Å². The zero-order valence-electron chi connectivity index (χ0n) is 14.5. The van der Waals surface area contributed by atoms with E-state index in [1.807, 2.05) is 0 Å². The summed E-state index contributed by atoms with van der Waals surface area (Å²) in [7, 11) is -3.54. The van der Waals surface area contributed by atoms with Crippen molar-refractivity contribution in [2.45, 2.75) is 17.7 Å². The number of carbonyl (C=O) groups is 1. The molecule has 0 radical (unpaired) electrons. The summed E-state index contributed by atoms with van der Waals surface area (Å²) in [5, 5.41) is 3.03. The lowest BCUT2D eigenvalue weighted by atomic mass is 10.2. The Hall–Kier alpha value is -2.07. The summed E-state index contributed by atoms with van der Waals surface area (Å²) in [6.45, 7) is 1.05. The summed E-state index contributed by atoms with van der Waals surface area (Å²) in [6, 6.07) is 8.37. The van der Waals surface area contributed by atoms with Crippen molar-refractivity contribution in [2.75, 3.05) is 18.4 Å². The zero-order valence-corrected chi connectivity index (χ0v) is 16.9. The van der Waals surface area contributed by atoms with Crippen molar-refractivity contribution in [1.29, 1.82) is 0 Å².